The van der Waals surface area contributed by atoms with Crippen LogP contribution in [0, 0.1) is 11.8 Å². The first-order valence-electron chi connectivity index (χ1n) is 6.83. The maximum Gasteiger partial charge on any atom is 0.231 e. The van der Waals surface area contributed by atoms with Gasteiger partial charge in [0.25, 0.3) is 0 Å². The van der Waals surface area contributed by atoms with Gasteiger partial charge in [-0.25, -0.2) is 0 Å². The zero-order valence-electron chi connectivity index (χ0n) is 11.1. The topological polar surface area (TPSA) is 18.5 Å². The molecule has 1 heterocycles. The van der Waals surface area contributed by atoms with Gasteiger partial charge < -0.3 is 9.47 Å². The second-order valence-corrected chi connectivity index (χ2v) is 5.58. The molecule has 1 unspecified atom stereocenters. The average Bonchev–Trinajstić information content (AvgIpc) is 2.86. The van der Waals surface area contributed by atoms with Crippen LogP contribution in [0.4, 0.5) is 0 Å². The third kappa shape index (κ3) is 2.12. The lowest BCUT2D eigenvalue weighted by Gasteiger charge is -2.25. The molecule has 3 rings (SSSR count). The lowest BCUT2D eigenvalue weighted by atomic mass is 9.81. The van der Waals surface area contributed by atoms with Gasteiger partial charge in [-0.3, -0.25) is 0 Å². The van der Waals surface area contributed by atoms with Gasteiger partial charge in [0.1, 0.15) is 0 Å². The van der Waals surface area contributed by atoms with Gasteiger partial charge in [-0.1, -0.05) is 26.0 Å². The highest BCUT2D eigenvalue weighted by Crippen LogP contribution is 2.38. The molecule has 96 valence electrons. The van der Waals surface area contributed by atoms with Gasteiger partial charge in [0.15, 0.2) is 11.5 Å². The largest absolute Gasteiger partial charge is 0.454 e. The first-order chi connectivity index (χ1) is 8.74. The molecule has 18 heavy (non-hydrogen) atoms. The van der Waals surface area contributed by atoms with Crippen molar-refractivity contribution in [1.29, 1.82) is 0 Å². The van der Waals surface area contributed by atoms with Crippen molar-refractivity contribution >= 4 is 5.57 Å². The third-order valence-corrected chi connectivity index (χ3v) is 4.14. The zero-order valence-corrected chi connectivity index (χ0v) is 11.1. The fraction of sp³-hybridized carbons (Fsp3) is 0.500. The van der Waals surface area contributed by atoms with Gasteiger partial charge in [-0.05, 0) is 54.4 Å². The molecule has 1 aromatic carbocycles. The Kier molecular flexibility index (Phi) is 3.02. The highest BCUT2D eigenvalue weighted by atomic mass is 16.7. The number of hydrogen-bond donors (Lipinski definition) is 0. The molecule has 2 nitrogen and oxygen atoms in total. The molecular formula is C16H20O2. The van der Waals surface area contributed by atoms with E-state index in [1.165, 1.54) is 30.4 Å². The van der Waals surface area contributed by atoms with Crippen LogP contribution in [-0.4, -0.2) is 6.79 Å². The molecule has 0 radical (unpaired) electrons. The zero-order chi connectivity index (χ0) is 12.5. The minimum Gasteiger partial charge on any atom is -0.454 e. The van der Waals surface area contributed by atoms with Crippen molar-refractivity contribution < 1.29 is 9.47 Å². The number of fused-ring (bicyclic) bond motifs is 1. The van der Waals surface area contributed by atoms with E-state index in [9.17, 15) is 0 Å². The molecule has 0 saturated carbocycles. The molecule has 0 saturated heterocycles. The van der Waals surface area contributed by atoms with Crippen molar-refractivity contribution in [3.8, 4) is 11.5 Å². The van der Waals surface area contributed by atoms with Crippen molar-refractivity contribution in [2.24, 2.45) is 11.8 Å². The fourth-order valence-electron chi connectivity index (χ4n) is 2.82. The average molecular weight is 244 g/mol. The summed E-state index contributed by atoms with van der Waals surface area (Å²) in [6.45, 7) is 5.00. The van der Waals surface area contributed by atoms with Gasteiger partial charge in [0.2, 0.25) is 6.79 Å². The molecule has 0 N–H and O–H groups in total. The van der Waals surface area contributed by atoms with Crippen LogP contribution in [0.3, 0.4) is 0 Å². The molecule has 1 aromatic rings. The van der Waals surface area contributed by atoms with Crippen LogP contribution >= 0.6 is 0 Å². The highest BCUT2D eigenvalue weighted by Gasteiger charge is 2.20. The van der Waals surface area contributed by atoms with E-state index >= 15 is 0 Å². The van der Waals surface area contributed by atoms with E-state index in [0.29, 0.717) is 6.79 Å². The second kappa shape index (κ2) is 4.68. The van der Waals surface area contributed by atoms with E-state index in [-0.39, 0.29) is 0 Å². The van der Waals surface area contributed by atoms with Gasteiger partial charge in [0, 0.05) is 0 Å². The van der Waals surface area contributed by atoms with E-state index < -0.39 is 0 Å². The number of ether oxygens (including phenoxy) is 2. The molecule has 2 aliphatic rings. The Morgan fingerprint density at radius 2 is 2.00 bits per heavy atom. The lowest BCUT2D eigenvalue weighted by Crippen LogP contribution is -2.11. The maximum absolute atomic E-state index is 5.44. The predicted molar refractivity (Wildman–Crippen MR) is 72.7 cm³/mol. The normalized spacial score (nSPS) is 22.2. The molecule has 0 amide bonds. The van der Waals surface area contributed by atoms with E-state index in [0.717, 1.165) is 23.3 Å². The third-order valence-electron chi connectivity index (χ3n) is 4.14. The van der Waals surface area contributed by atoms with E-state index in [1.54, 1.807) is 0 Å². The van der Waals surface area contributed by atoms with Crippen LogP contribution in [0.25, 0.3) is 5.57 Å². The van der Waals surface area contributed by atoms with Crippen molar-refractivity contribution in [3.63, 3.8) is 0 Å². The SMILES string of the molecule is CC(C)C1CC=C(c2ccc3c(c2)OCO3)CC1. The molecule has 1 aliphatic heterocycles. The summed E-state index contributed by atoms with van der Waals surface area (Å²) in [5, 5.41) is 0. The number of benzene rings is 1. The smallest absolute Gasteiger partial charge is 0.231 e. The van der Waals surface area contributed by atoms with Crippen LogP contribution in [0.1, 0.15) is 38.7 Å². The summed E-state index contributed by atoms with van der Waals surface area (Å²) in [6, 6.07) is 6.28. The van der Waals surface area contributed by atoms with Gasteiger partial charge >= 0.3 is 0 Å². The molecular weight excluding hydrogens is 224 g/mol. The van der Waals surface area contributed by atoms with Crippen LogP contribution < -0.4 is 9.47 Å². The summed E-state index contributed by atoms with van der Waals surface area (Å²) < 4.78 is 10.8. The van der Waals surface area contributed by atoms with E-state index in [1.807, 2.05) is 6.07 Å². The quantitative estimate of drug-likeness (QED) is 0.774. The Morgan fingerprint density at radius 1 is 1.17 bits per heavy atom. The van der Waals surface area contributed by atoms with Gasteiger partial charge in [-0.2, -0.15) is 0 Å². The summed E-state index contributed by atoms with van der Waals surface area (Å²) in [5.41, 5.74) is 2.76. The molecule has 2 heteroatoms. The lowest BCUT2D eigenvalue weighted by molar-refractivity contribution is 0.174. The molecule has 0 fully saturated rings. The maximum atomic E-state index is 5.44. The summed E-state index contributed by atoms with van der Waals surface area (Å²) in [7, 11) is 0. The second-order valence-electron chi connectivity index (χ2n) is 5.58. The van der Waals surface area contributed by atoms with E-state index in [2.05, 4.69) is 32.1 Å². The Morgan fingerprint density at radius 3 is 2.72 bits per heavy atom. The molecule has 0 aromatic heterocycles. The standard InChI is InChI=1S/C16H20O2/c1-11(2)12-3-5-13(6-4-12)14-7-8-15-16(9-14)18-10-17-15/h5,7-9,11-12H,3-4,6,10H2,1-2H3. The van der Waals surface area contributed by atoms with Crippen LogP contribution in [-0.2, 0) is 0 Å². The number of hydrogen-bond acceptors (Lipinski definition) is 2. The Balaban J connectivity index is 1.80. The minimum atomic E-state index is 0.354. The molecule has 1 atom stereocenters. The van der Waals surface area contributed by atoms with Crippen molar-refractivity contribution in [3.05, 3.63) is 29.8 Å². The van der Waals surface area contributed by atoms with Crippen LogP contribution in [0.15, 0.2) is 24.3 Å². The van der Waals surface area contributed by atoms with Crippen molar-refractivity contribution in [2.75, 3.05) is 6.79 Å². The first kappa shape index (κ1) is 11.6. The van der Waals surface area contributed by atoms with Crippen molar-refractivity contribution in [2.45, 2.75) is 33.1 Å². The summed E-state index contributed by atoms with van der Waals surface area (Å²) in [4.78, 5) is 0. The first-order valence-corrected chi connectivity index (χ1v) is 6.83. The fourth-order valence-corrected chi connectivity index (χ4v) is 2.82. The Labute approximate surface area is 109 Å². The number of rotatable bonds is 2. The van der Waals surface area contributed by atoms with Crippen LogP contribution in [0.2, 0.25) is 0 Å². The van der Waals surface area contributed by atoms with Gasteiger partial charge in [-0.15, -0.1) is 0 Å². The Hall–Kier alpha value is -1.44. The summed E-state index contributed by atoms with van der Waals surface area (Å²) in [5.74, 6) is 3.40. The van der Waals surface area contributed by atoms with E-state index in [4.69, 9.17) is 9.47 Å². The Bertz CT molecular complexity index is 474. The summed E-state index contributed by atoms with van der Waals surface area (Å²) >= 11 is 0. The molecule has 1 aliphatic carbocycles. The van der Waals surface area contributed by atoms with Gasteiger partial charge in [0.05, 0.1) is 0 Å². The molecule has 0 bridgehead atoms. The van der Waals surface area contributed by atoms with Crippen molar-refractivity contribution in [1.82, 2.24) is 0 Å². The summed E-state index contributed by atoms with van der Waals surface area (Å²) in [6.07, 6.45) is 6.10. The molecule has 0 spiro atoms. The monoisotopic (exact) mass is 244 g/mol. The van der Waals surface area contributed by atoms with Crippen LogP contribution in [0.5, 0.6) is 11.5 Å². The highest BCUT2D eigenvalue weighted by molar-refractivity contribution is 5.69. The number of allylic oxidation sites excluding steroid dienone is 2. The predicted octanol–water partition coefficient (Wildman–Crippen LogP) is 4.25. The minimum absolute atomic E-state index is 0.354.